The summed E-state index contributed by atoms with van der Waals surface area (Å²) in [5, 5.41) is 3.25. The number of nitrogens with zero attached hydrogens (tertiary/aromatic N) is 2. The van der Waals surface area contributed by atoms with Crippen LogP contribution < -0.4 is 15.0 Å². The largest absolute Gasteiger partial charge is 0.490 e. The molecule has 2 fully saturated rings. The molecule has 0 aliphatic carbocycles. The van der Waals surface area contributed by atoms with Gasteiger partial charge in [0.05, 0.1) is 6.26 Å². The maximum Gasteiger partial charge on any atom is 0.251 e. The smallest absolute Gasteiger partial charge is 0.251 e. The van der Waals surface area contributed by atoms with Gasteiger partial charge in [0.15, 0.2) is 5.88 Å². The molecule has 35 heavy (non-hydrogen) atoms. The highest BCUT2D eigenvalue weighted by atomic mass is 16.5. The molecule has 0 radical (unpaired) electrons. The van der Waals surface area contributed by atoms with Crippen molar-refractivity contribution in [2.24, 2.45) is 0 Å². The van der Waals surface area contributed by atoms with E-state index in [1.807, 2.05) is 37.3 Å². The first-order valence-electron chi connectivity index (χ1n) is 12.8. The summed E-state index contributed by atoms with van der Waals surface area (Å²) in [4.78, 5) is 17.6. The van der Waals surface area contributed by atoms with Gasteiger partial charge in [0, 0.05) is 63.2 Å². The molecule has 3 aromatic rings. The van der Waals surface area contributed by atoms with E-state index in [2.05, 4.69) is 45.4 Å². The van der Waals surface area contributed by atoms with Crippen molar-refractivity contribution >= 4 is 11.8 Å². The van der Waals surface area contributed by atoms with Crippen LogP contribution in [0.3, 0.4) is 0 Å². The number of ether oxygens (including phenoxy) is 1. The lowest BCUT2D eigenvalue weighted by atomic mass is 10.0. The molecule has 3 heterocycles. The molecular weight excluding hydrogens is 438 g/mol. The Bertz CT molecular complexity index is 1080. The zero-order valence-electron chi connectivity index (χ0n) is 20.5. The number of carbonyl (C=O) groups is 1. The second-order valence-corrected chi connectivity index (χ2v) is 9.75. The first kappa shape index (κ1) is 23.5. The first-order chi connectivity index (χ1) is 17.1. The van der Waals surface area contributed by atoms with E-state index in [0.29, 0.717) is 5.56 Å². The van der Waals surface area contributed by atoms with Gasteiger partial charge >= 0.3 is 0 Å². The summed E-state index contributed by atoms with van der Waals surface area (Å²) in [5.74, 6) is 1.80. The van der Waals surface area contributed by atoms with Crippen LogP contribution in [-0.4, -0.2) is 49.1 Å². The van der Waals surface area contributed by atoms with Crippen molar-refractivity contribution < 1.29 is 13.9 Å². The van der Waals surface area contributed by atoms with Gasteiger partial charge in [0.1, 0.15) is 11.9 Å². The molecule has 1 amide bonds. The summed E-state index contributed by atoms with van der Waals surface area (Å²) in [5.41, 5.74) is 3.05. The average Bonchev–Trinajstić information content (AvgIpc) is 3.43. The minimum atomic E-state index is 0.00733. The van der Waals surface area contributed by atoms with E-state index in [1.54, 1.807) is 6.26 Å². The van der Waals surface area contributed by atoms with Crippen LogP contribution in [0.15, 0.2) is 71.3 Å². The Balaban J connectivity index is 1.08. The lowest BCUT2D eigenvalue weighted by molar-refractivity contribution is 0.0908. The number of hydrogen-bond acceptors (Lipinski definition) is 5. The number of piperidine rings is 2. The number of furan rings is 1. The van der Waals surface area contributed by atoms with E-state index in [1.165, 1.54) is 5.56 Å². The predicted molar refractivity (Wildman–Crippen MR) is 138 cm³/mol. The van der Waals surface area contributed by atoms with Crippen LogP contribution >= 0.6 is 0 Å². The Morgan fingerprint density at radius 1 is 0.971 bits per heavy atom. The summed E-state index contributed by atoms with van der Waals surface area (Å²) in [6.07, 6.45) is 5.76. The fourth-order valence-electron chi connectivity index (χ4n) is 5.09. The average molecular weight is 474 g/mol. The summed E-state index contributed by atoms with van der Waals surface area (Å²) < 4.78 is 11.8. The van der Waals surface area contributed by atoms with Crippen molar-refractivity contribution in [3.05, 3.63) is 83.6 Å². The molecule has 2 aliphatic rings. The van der Waals surface area contributed by atoms with Gasteiger partial charge in [0.2, 0.25) is 0 Å². The van der Waals surface area contributed by atoms with Crippen LogP contribution in [0.2, 0.25) is 0 Å². The molecule has 2 aliphatic heterocycles. The van der Waals surface area contributed by atoms with Gasteiger partial charge in [-0.15, -0.1) is 0 Å². The Kier molecular flexibility index (Phi) is 7.38. The third kappa shape index (κ3) is 6.06. The molecule has 1 N–H and O–H groups in total. The Morgan fingerprint density at radius 3 is 2.43 bits per heavy atom. The van der Waals surface area contributed by atoms with Crippen molar-refractivity contribution in [2.75, 3.05) is 31.1 Å². The summed E-state index contributed by atoms with van der Waals surface area (Å²) in [7, 11) is 0. The van der Waals surface area contributed by atoms with Crippen molar-refractivity contribution in [1.82, 2.24) is 10.2 Å². The minimum Gasteiger partial charge on any atom is -0.490 e. The maximum absolute atomic E-state index is 12.9. The third-order valence-corrected chi connectivity index (χ3v) is 7.16. The number of anilines is 1. The van der Waals surface area contributed by atoms with Crippen LogP contribution in [-0.2, 0) is 6.54 Å². The van der Waals surface area contributed by atoms with E-state index in [0.717, 1.165) is 75.6 Å². The zero-order valence-corrected chi connectivity index (χ0v) is 20.5. The van der Waals surface area contributed by atoms with Gasteiger partial charge in [-0.25, -0.2) is 0 Å². The summed E-state index contributed by atoms with van der Waals surface area (Å²) in [6.45, 7) is 6.84. The number of likely N-dealkylation sites (tertiary alicyclic amines) is 1. The SMILES string of the molecule is Cc1cc(C(=O)NC2CCN(Cc3ccccc3)CC2)ccc1OC1CCN(c2ccco2)CC1. The first-order valence-corrected chi connectivity index (χ1v) is 12.8. The van der Waals surface area contributed by atoms with E-state index in [9.17, 15) is 4.79 Å². The molecule has 184 valence electrons. The minimum absolute atomic E-state index is 0.00733. The normalized spacial score (nSPS) is 17.9. The van der Waals surface area contributed by atoms with E-state index >= 15 is 0 Å². The molecular formula is C29H35N3O3. The number of amides is 1. The Morgan fingerprint density at radius 2 is 1.74 bits per heavy atom. The van der Waals surface area contributed by atoms with Crippen LogP contribution in [0.25, 0.3) is 0 Å². The third-order valence-electron chi connectivity index (χ3n) is 7.16. The second kappa shape index (κ2) is 11.0. The zero-order chi connectivity index (χ0) is 24.0. The molecule has 6 heteroatoms. The van der Waals surface area contributed by atoms with Crippen molar-refractivity contribution in [3.8, 4) is 5.75 Å². The number of carbonyl (C=O) groups excluding carboxylic acids is 1. The molecule has 2 aromatic carbocycles. The molecule has 0 unspecified atom stereocenters. The highest BCUT2D eigenvalue weighted by Gasteiger charge is 2.24. The Hall–Kier alpha value is -3.25. The number of hydrogen-bond donors (Lipinski definition) is 1. The molecule has 5 rings (SSSR count). The van der Waals surface area contributed by atoms with Crippen LogP contribution in [0, 0.1) is 6.92 Å². The van der Waals surface area contributed by atoms with Crippen molar-refractivity contribution in [3.63, 3.8) is 0 Å². The van der Waals surface area contributed by atoms with Gasteiger partial charge in [-0.05, 0) is 55.2 Å². The Labute approximate surface area is 207 Å². The number of aryl methyl sites for hydroxylation is 1. The second-order valence-electron chi connectivity index (χ2n) is 9.75. The monoisotopic (exact) mass is 473 g/mol. The number of nitrogens with one attached hydrogen (secondary N) is 1. The highest BCUT2D eigenvalue weighted by molar-refractivity contribution is 5.94. The molecule has 2 saturated heterocycles. The fourth-order valence-corrected chi connectivity index (χ4v) is 5.09. The predicted octanol–water partition coefficient (Wildman–Crippen LogP) is 5.03. The summed E-state index contributed by atoms with van der Waals surface area (Å²) >= 11 is 0. The van der Waals surface area contributed by atoms with Gasteiger partial charge < -0.3 is 19.4 Å². The molecule has 0 atom stereocenters. The van der Waals surface area contributed by atoms with Crippen LogP contribution in [0.5, 0.6) is 5.75 Å². The molecule has 0 spiro atoms. The fraction of sp³-hybridized carbons (Fsp3) is 0.414. The molecule has 0 saturated carbocycles. The quantitative estimate of drug-likeness (QED) is 0.522. The van der Waals surface area contributed by atoms with E-state index < -0.39 is 0 Å². The van der Waals surface area contributed by atoms with Crippen molar-refractivity contribution in [1.29, 1.82) is 0 Å². The topological polar surface area (TPSA) is 58.0 Å². The van der Waals surface area contributed by atoms with E-state index in [-0.39, 0.29) is 18.1 Å². The van der Waals surface area contributed by atoms with Gasteiger partial charge in [-0.2, -0.15) is 0 Å². The van der Waals surface area contributed by atoms with Crippen LogP contribution in [0.1, 0.15) is 47.2 Å². The molecule has 6 nitrogen and oxygen atoms in total. The van der Waals surface area contributed by atoms with Gasteiger partial charge in [-0.3, -0.25) is 9.69 Å². The molecule has 1 aromatic heterocycles. The highest BCUT2D eigenvalue weighted by Crippen LogP contribution is 2.26. The van der Waals surface area contributed by atoms with Crippen molar-refractivity contribution in [2.45, 2.75) is 51.3 Å². The van der Waals surface area contributed by atoms with Crippen LogP contribution in [0.4, 0.5) is 5.88 Å². The maximum atomic E-state index is 12.9. The van der Waals surface area contributed by atoms with Gasteiger partial charge in [-0.1, -0.05) is 30.3 Å². The standard InChI is InChI=1S/C29H35N3O3/c1-22-20-24(9-10-27(22)35-26-13-17-32(18-14-26)28-8-5-19-34-28)29(33)30-25-11-15-31(16-12-25)21-23-6-3-2-4-7-23/h2-10,19-20,25-26H,11-18,21H2,1H3,(H,30,33). The number of rotatable bonds is 7. The number of benzene rings is 2. The lowest BCUT2D eigenvalue weighted by Gasteiger charge is -2.32. The lowest BCUT2D eigenvalue weighted by Crippen LogP contribution is -2.44. The van der Waals surface area contributed by atoms with Gasteiger partial charge in [0.25, 0.3) is 5.91 Å². The molecule has 0 bridgehead atoms. The summed E-state index contributed by atoms with van der Waals surface area (Å²) in [6, 6.07) is 20.5. The van der Waals surface area contributed by atoms with E-state index in [4.69, 9.17) is 9.15 Å².